The summed E-state index contributed by atoms with van der Waals surface area (Å²) in [5, 5.41) is 21.0. The Morgan fingerprint density at radius 3 is 1.36 bits per heavy atom. The third-order valence-electron chi connectivity index (χ3n) is 8.87. The lowest BCUT2D eigenvalue weighted by atomic mass is 10.1. The molecule has 8 rings (SSSR count). The van der Waals surface area contributed by atoms with Crippen molar-refractivity contribution in [3.05, 3.63) is 199 Å². The van der Waals surface area contributed by atoms with Crippen molar-refractivity contribution >= 4 is 89.6 Å². The molecule has 0 aliphatic rings. The van der Waals surface area contributed by atoms with Crippen LogP contribution in [0.4, 0.5) is 0 Å². The van der Waals surface area contributed by atoms with Crippen LogP contribution in [0.5, 0.6) is 11.5 Å². The highest BCUT2D eigenvalue weighted by Gasteiger charge is 2.23. The van der Waals surface area contributed by atoms with Crippen molar-refractivity contribution in [3.63, 3.8) is 0 Å². The SMILES string of the molecule is O=C(O)c1ccc(COc2c(C(=O)c3ccc(Cl)cc3)sc3ccccc23)cc1.O=C(O)c1cccc(COc2c(C(=O)c3ccc(Cl)cc3)sc3ccccc23)c1. The second kappa shape index (κ2) is 17.9. The van der Waals surface area contributed by atoms with Crippen LogP contribution in [0, 0.1) is 0 Å². The van der Waals surface area contributed by atoms with Gasteiger partial charge in [-0.2, -0.15) is 0 Å². The highest BCUT2D eigenvalue weighted by atomic mass is 35.5. The van der Waals surface area contributed by atoms with Crippen molar-refractivity contribution in [2.24, 2.45) is 0 Å². The van der Waals surface area contributed by atoms with Crippen molar-refractivity contribution in [3.8, 4) is 11.5 Å². The smallest absolute Gasteiger partial charge is 0.335 e. The van der Waals surface area contributed by atoms with E-state index in [-0.39, 0.29) is 35.9 Å². The minimum absolute atomic E-state index is 0.126. The molecule has 58 heavy (non-hydrogen) atoms. The van der Waals surface area contributed by atoms with Gasteiger partial charge in [-0.1, -0.05) is 71.7 Å². The molecule has 0 atom stereocenters. The standard InChI is InChI=1S/2C23H15ClO4S/c24-17-10-8-15(9-11-17)20(25)22-21(18-6-1-2-7-19(18)29-22)28-13-14-4-3-5-16(12-14)23(26)27;24-17-11-9-15(10-12-17)20(25)22-21(18-3-1-2-4-19(18)29-22)28-13-14-5-7-16(8-6-14)23(26)27/h2*1-12H,13H2,(H,26,27). The van der Waals surface area contributed by atoms with Crippen molar-refractivity contribution in [2.45, 2.75) is 13.2 Å². The van der Waals surface area contributed by atoms with Gasteiger partial charge in [0.25, 0.3) is 0 Å². The van der Waals surface area contributed by atoms with E-state index in [1.54, 1.807) is 78.9 Å². The Kier molecular flexibility index (Phi) is 12.3. The van der Waals surface area contributed by atoms with Gasteiger partial charge in [0, 0.05) is 41.3 Å². The van der Waals surface area contributed by atoms with E-state index < -0.39 is 11.9 Å². The number of fused-ring (bicyclic) bond motifs is 2. The first-order valence-corrected chi connectivity index (χ1v) is 20.0. The summed E-state index contributed by atoms with van der Waals surface area (Å²) < 4.78 is 14.0. The minimum atomic E-state index is -0.994. The second-order valence-corrected chi connectivity index (χ2v) is 15.7. The normalized spacial score (nSPS) is 10.8. The lowest BCUT2D eigenvalue weighted by Crippen LogP contribution is -2.04. The van der Waals surface area contributed by atoms with Crippen LogP contribution in [0.2, 0.25) is 10.0 Å². The monoisotopic (exact) mass is 844 g/mol. The Morgan fingerprint density at radius 1 is 0.466 bits per heavy atom. The van der Waals surface area contributed by atoms with E-state index in [0.717, 1.165) is 25.7 Å². The lowest BCUT2D eigenvalue weighted by molar-refractivity contribution is 0.0686. The fraction of sp³-hybridized carbons (Fsp3) is 0.0435. The number of carboxylic acid groups (broad SMARTS) is 2. The molecule has 0 spiro atoms. The van der Waals surface area contributed by atoms with Gasteiger partial charge in [0.15, 0.2) is 0 Å². The highest BCUT2D eigenvalue weighted by Crippen LogP contribution is 2.41. The second-order valence-electron chi connectivity index (χ2n) is 12.8. The van der Waals surface area contributed by atoms with Gasteiger partial charge in [-0.25, -0.2) is 9.59 Å². The van der Waals surface area contributed by atoms with Gasteiger partial charge >= 0.3 is 11.9 Å². The maximum absolute atomic E-state index is 13.1. The molecule has 2 heterocycles. The third kappa shape index (κ3) is 9.12. The average molecular weight is 846 g/mol. The zero-order valence-corrected chi connectivity index (χ0v) is 33.3. The number of halogens is 2. The van der Waals surface area contributed by atoms with E-state index in [9.17, 15) is 24.3 Å². The number of thiophene rings is 2. The van der Waals surface area contributed by atoms with Crippen LogP contribution in [0.15, 0.2) is 146 Å². The highest BCUT2D eigenvalue weighted by molar-refractivity contribution is 7.22. The van der Waals surface area contributed by atoms with Crippen LogP contribution in [0.1, 0.15) is 62.3 Å². The zero-order valence-electron chi connectivity index (χ0n) is 30.2. The molecule has 0 bridgehead atoms. The van der Waals surface area contributed by atoms with Gasteiger partial charge in [-0.15, -0.1) is 22.7 Å². The minimum Gasteiger partial charge on any atom is -0.487 e. The molecule has 2 N–H and O–H groups in total. The van der Waals surface area contributed by atoms with Crippen LogP contribution >= 0.6 is 45.9 Å². The number of ether oxygens (including phenoxy) is 2. The summed E-state index contributed by atoms with van der Waals surface area (Å²) >= 11 is 14.6. The molecule has 288 valence electrons. The quantitative estimate of drug-likeness (QED) is 0.116. The molecular weight excluding hydrogens is 816 g/mol. The van der Waals surface area contributed by atoms with Crippen LogP contribution in [-0.2, 0) is 13.2 Å². The molecule has 0 unspecified atom stereocenters. The molecule has 0 aliphatic heterocycles. The molecule has 0 amide bonds. The van der Waals surface area contributed by atoms with Gasteiger partial charge in [0.05, 0.1) is 11.1 Å². The number of carbonyl (C=O) groups excluding carboxylic acids is 2. The number of benzene rings is 6. The van der Waals surface area contributed by atoms with Gasteiger partial charge in [0.2, 0.25) is 11.6 Å². The Hall–Kier alpha value is -6.30. The molecule has 2 aromatic heterocycles. The molecule has 0 aliphatic carbocycles. The lowest BCUT2D eigenvalue weighted by Gasteiger charge is -2.09. The summed E-state index contributed by atoms with van der Waals surface area (Å²) in [6.07, 6.45) is 0. The van der Waals surface area contributed by atoms with Crippen molar-refractivity contribution in [2.75, 3.05) is 0 Å². The Bertz CT molecular complexity index is 2790. The molecule has 8 nitrogen and oxygen atoms in total. The summed E-state index contributed by atoms with van der Waals surface area (Å²) in [6.45, 7) is 0.379. The van der Waals surface area contributed by atoms with Gasteiger partial charge in [-0.3, -0.25) is 9.59 Å². The molecule has 0 saturated heterocycles. The van der Waals surface area contributed by atoms with Crippen molar-refractivity contribution < 1.29 is 38.9 Å². The molecule has 0 radical (unpaired) electrons. The number of rotatable bonds is 12. The maximum atomic E-state index is 13.1. The van der Waals surface area contributed by atoms with E-state index >= 15 is 0 Å². The topological polar surface area (TPSA) is 127 Å². The molecular formula is C46H30Cl2O8S2. The number of aromatic carboxylic acids is 2. The summed E-state index contributed by atoms with van der Waals surface area (Å²) in [5.74, 6) is -1.20. The zero-order chi connectivity index (χ0) is 40.8. The first-order valence-electron chi connectivity index (χ1n) is 17.6. The van der Waals surface area contributed by atoms with E-state index in [4.69, 9.17) is 37.8 Å². The summed E-state index contributed by atoms with van der Waals surface area (Å²) in [5.41, 5.74) is 3.00. The Morgan fingerprint density at radius 2 is 0.897 bits per heavy atom. The summed E-state index contributed by atoms with van der Waals surface area (Å²) in [7, 11) is 0. The van der Waals surface area contributed by atoms with Crippen LogP contribution in [0.25, 0.3) is 20.2 Å². The molecule has 0 fully saturated rings. The van der Waals surface area contributed by atoms with Crippen LogP contribution in [-0.4, -0.2) is 33.7 Å². The predicted octanol–water partition coefficient (Wildman–Crippen LogP) is 12.1. The van der Waals surface area contributed by atoms with E-state index in [1.807, 2.05) is 48.5 Å². The van der Waals surface area contributed by atoms with E-state index in [0.29, 0.717) is 48.0 Å². The predicted molar refractivity (Wildman–Crippen MR) is 229 cm³/mol. The number of hydrogen-bond acceptors (Lipinski definition) is 8. The third-order valence-corrected chi connectivity index (χ3v) is 11.7. The van der Waals surface area contributed by atoms with Crippen LogP contribution in [0.3, 0.4) is 0 Å². The summed E-state index contributed by atoms with van der Waals surface area (Å²) in [6, 6.07) is 41.9. The average Bonchev–Trinajstić information content (AvgIpc) is 3.81. The number of carbonyl (C=O) groups is 4. The van der Waals surface area contributed by atoms with E-state index in [2.05, 4.69) is 0 Å². The number of hydrogen-bond donors (Lipinski definition) is 2. The van der Waals surface area contributed by atoms with Crippen molar-refractivity contribution in [1.29, 1.82) is 0 Å². The largest absolute Gasteiger partial charge is 0.487 e. The first-order chi connectivity index (χ1) is 28.0. The molecule has 8 aromatic rings. The maximum Gasteiger partial charge on any atom is 0.335 e. The Balaban J connectivity index is 0.000000177. The van der Waals surface area contributed by atoms with Gasteiger partial charge in [0.1, 0.15) is 34.5 Å². The van der Waals surface area contributed by atoms with Crippen LogP contribution < -0.4 is 9.47 Å². The molecule has 6 aromatic carbocycles. The number of carboxylic acids is 2. The summed E-state index contributed by atoms with van der Waals surface area (Å²) in [4.78, 5) is 49.4. The first kappa shape index (κ1) is 39.9. The Labute approximate surface area is 350 Å². The fourth-order valence-corrected chi connectivity index (χ4v) is 8.41. The van der Waals surface area contributed by atoms with Gasteiger partial charge in [-0.05, 0) is 108 Å². The molecule has 0 saturated carbocycles. The van der Waals surface area contributed by atoms with E-state index in [1.165, 1.54) is 40.9 Å². The fourth-order valence-electron chi connectivity index (χ4n) is 5.94. The van der Waals surface area contributed by atoms with Gasteiger partial charge < -0.3 is 19.7 Å². The molecule has 12 heteroatoms. The number of ketones is 2. The van der Waals surface area contributed by atoms with Crippen molar-refractivity contribution in [1.82, 2.24) is 0 Å².